The number of likely N-dealkylation sites (N-methyl/N-ethyl adjacent to an activating group) is 1. The fourth-order valence-electron chi connectivity index (χ4n) is 2.20. The summed E-state index contributed by atoms with van der Waals surface area (Å²) in [5.74, 6) is -0.708. The topological polar surface area (TPSA) is 91.9 Å². The van der Waals surface area contributed by atoms with Gasteiger partial charge >= 0.3 is 0 Å². The first-order valence-electron chi connectivity index (χ1n) is 7.72. The van der Waals surface area contributed by atoms with Gasteiger partial charge in [-0.15, -0.1) is 0 Å². The smallest absolute Gasteiger partial charge is 0.279 e. The van der Waals surface area contributed by atoms with E-state index in [1.54, 1.807) is 41.7 Å². The second kappa shape index (κ2) is 8.96. The molecule has 2 aromatic rings. The highest BCUT2D eigenvalue weighted by Crippen LogP contribution is 2.23. The van der Waals surface area contributed by atoms with Gasteiger partial charge in [-0.05, 0) is 18.2 Å². The zero-order chi connectivity index (χ0) is 18.2. The zero-order valence-electron chi connectivity index (χ0n) is 13.7. The van der Waals surface area contributed by atoms with Crippen LogP contribution in [0.1, 0.15) is 15.9 Å². The number of nitrogens with one attached hydrogen (secondary N) is 2. The van der Waals surface area contributed by atoms with Gasteiger partial charge < -0.3 is 16.0 Å². The Morgan fingerprint density at radius 2 is 1.68 bits per heavy atom. The Hall–Kier alpha value is -2.70. The highest BCUT2D eigenvalue weighted by atomic mass is 35.5. The molecular weight excluding hydrogens is 342 g/mol. The standard InChI is InChI=1S/C18H18ClN3O3/c1-20-16(23)10-21-11-17(24)22-15-8-7-13(19)9-14(15)18(25)12-5-3-2-4-6-12/h2-9,21H,10-11H2,1H3,(H,20,23)(H,22,24)/p+1. The number of hydrogen-bond donors (Lipinski definition) is 3. The van der Waals surface area contributed by atoms with Crippen molar-refractivity contribution in [3.8, 4) is 0 Å². The van der Waals surface area contributed by atoms with Gasteiger partial charge in [0.2, 0.25) is 0 Å². The summed E-state index contributed by atoms with van der Waals surface area (Å²) in [4.78, 5) is 35.9. The van der Waals surface area contributed by atoms with Gasteiger partial charge in [-0.1, -0.05) is 41.9 Å². The maximum absolute atomic E-state index is 12.7. The first kappa shape index (κ1) is 18.6. The SMILES string of the molecule is CNC(=O)C[NH2+]CC(=O)Nc1ccc(Cl)cc1C(=O)c1ccccc1. The highest BCUT2D eigenvalue weighted by molar-refractivity contribution is 6.31. The summed E-state index contributed by atoms with van der Waals surface area (Å²) in [5, 5.41) is 7.15. The molecule has 2 rings (SSSR count). The Morgan fingerprint density at radius 3 is 2.36 bits per heavy atom. The van der Waals surface area contributed by atoms with Gasteiger partial charge in [0.25, 0.3) is 11.8 Å². The molecule has 2 aromatic carbocycles. The lowest BCUT2D eigenvalue weighted by atomic mass is 10.0. The van der Waals surface area contributed by atoms with Gasteiger partial charge in [0.15, 0.2) is 18.9 Å². The van der Waals surface area contributed by atoms with Crippen LogP contribution in [-0.2, 0) is 9.59 Å². The van der Waals surface area contributed by atoms with Crippen molar-refractivity contribution in [2.75, 3.05) is 25.5 Å². The summed E-state index contributed by atoms with van der Waals surface area (Å²) in [6.07, 6.45) is 0. The van der Waals surface area contributed by atoms with E-state index < -0.39 is 0 Å². The molecule has 0 fully saturated rings. The number of carbonyl (C=O) groups is 3. The number of amides is 2. The molecule has 0 aromatic heterocycles. The number of ketones is 1. The molecule has 0 atom stereocenters. The van der Waals surface area contributed by atoms with Crippen molar-refractivity contribution in [3.05, 3.63) is 64.7 Å². The largest absolute Gasteiger partial charge is 0.354 e. The number of carbonyl (C=O) groups excluding carboxylic acids is 3. The molecule has 0 unspecified atom stereocenters. The number of hydrogen-bond acceptors (Lipinski definition) is 3. The van der Waals surface area contributed by atoms with Crippen LogP contribution in [0.3, 0.4) is 0 Å². The molecule has 130 valence electrons. The van der Waals surface area contributed by atoms with Crippen LogP contribution in [0.2, 0.25) is 5.02 Å². The number of halogens is 1. The van der Waals surface area contributed by atoms with Gasteiger partial charge in [-0.3, -0.25) is 14.4 Å². The average Bonchev–Trinajstić information content (AvgIpc) is 2.63. The van der Waals surface area contributed by atoms with Crippen molar-refractivity contribution in [1.82, 2.24) is 5.32 Å². The number of nitrogens with two attached hydrogens (primary N) is 1. The van der Waals surface area contributed by atoms with E-state index in [4.69, 9.17) is 11.6 Å². The Bertz CT molecular complexity index is 778. The predicted octanol–water partition coefficient (Wildman–Crippen LogP) is 0.819. The molecule has 0 bridgehead atoms. The van der Waals surface area contributed by atoms with E-state index in [1.165, 1.54) is 13.1 Å². The monoisotopic (exact) mass is 360 g/mol. The molecule has 2 amide bonds. The maximum Gasteiger partial charge on any atom is 0.279 e. The first-order valence-corrected chi connectivity index (χ1v) is 8.10. The predicted molar refractivity (Wildman–Crippen MR) is 95.7 cm³/mol. The van der Waals surface area contributed by atoms with Gasteiger partial charge in [0, 0.05) is 23.2 Å². The number of benzene rings is 2. The zero-order valence-corrected chi connectivity index (χ0v) is 14.5. The summed E-state index contributed by atoms with van der Waals surface area (Å²) in [6.45, 7) is 0.218. The lowest BCUT2D eigenvalue weighted by Crippen LogP contribution is -2.88. The highest BCUT2D eigenvalue weighted by Gasteiger charge is 2.16. The molecule has 7 heteroatoms. The van der Waals surface area contributed by atoms with E-state index in [9.17, 15) is 14.4 Å². The normalized spacial score (nSPS) is 10.2. The van der Waals surface area contributed by atoms with E-state index in [1.807, 2.05) is 6.07 Å². The number of rotatable bonds is 7. The lowest BCUT2D eigenvalue weighted by Gasteiger charge is -2.11. The van der Waals surface area contributed by atoms with Crippen molar-refractivity contribution in [2.24, 2.45) is 0 Å². The summed E-state index contributed by atoms with van der Waals surface area (Å²) in [6, 6.07) is 13.5. The minimum atomic E-state index is -0.312. The minimum Gasteiger partial charge on any atom is -0.354 e. The second-order valence-corrected chi connectivity index (χ2v) is 5.74. The first-order chi connectivity index (χ1) is 12.0. The molecule has 0 aliphatic heterocycles. The third-order valence-electron chi connectivity index (χ3n) is 3.47. The van der Waals surface area contributed by atoms with Gasteiger partial charge in [-0.25, -0.2) is 0 Å². The Kier molecular flexibility index (Phi) is 6.68. The summed E-state index contributed by atoms with van der Waals surface area (Å²) < 4.78 is 0. The third kappa shape index (κ3) is 5.41. The Labute approximate surface area is 150 Å². The Morgan fingerprint density at radius 1 is 1.00 bits per heavy atom. The lowest BCUT2D eigenvalue weighted by molar-refractivity contribution is -0.632. The van der Waals surface area contributed by atoms with Crippen molar-refractivity contribution in [1.29, 1.82) is 0 Å². The molecule has 0 spiro atoms. The van der Waals surface area contributed by atoms with E-state index in [0.717, 1.165) is 0 Å². The van der Waals surface area contributed by atoms with Gasteiger partial charge in [-0.2, -0.15) is 0 Å². The van der Waals surface area contributed by atoms with Gasteiger partial charge in [0.05, 0.1) is 5.69 Å². The second-order valence-electron chi connectivity index (χ2n) is 5.30. The summed E-state index contributed by atoms with van der Waals surface area (Å²) in [7, 11) is 1.53. The third-order valence-corrected chi connectivity index (χ3v) is 3.71. The molecule has 6 nitrogen and oxygen atoms in total. The Balaban J connectivity index is 2.12. The van der Waals surface area contributed by atoms with Crippen LogP contribution < -0.4 is 16.0 Å². The van der Waals surface area contributed by atoms with Crippen LogP contribution in [0.4, 0.5) is 5.69 Å². The van der Waals surface area contributed by atoms with Crippen LogP contribution in [-0.4, -0.2) is 37.7 Å². The van der Waals surface area contributed by atoms with Crippen molar-refractivity contribution in [2.45, 2.75) is 0 Å². The van der Waals surface area contributed by atoms with Crippen LogP contribution >= 0.6 is 11.6 Å². The molecular formula is C18H19ClN3O3+. The van der Waals surface area contributed by atoms with E-state index in [2.05, 4.69) is 10.6 Å². The molecule has 25 heavy (non-hydrogen) atoms. The number of quaternary nitrogens is 1. The van der Waals surface area contributed by atoms with Crippen LogP contribution in [0.5, 0.6) is 0 Å². The van der Waals surface area contributed by atoms with E-state index >= 15 is 0 Å². The maximum atomic E-state index is 12.7. The van der Waals surface area contributed by atoms with Crippen molar-refractivity contribution >= 4 is 34.9 Å². The fourth-order valence-corrected chi connectivity index (χ4v) is 2.37. The molecule has 0 aliphatic carbocycles. The van der Waals surface area contributed by atoms with E-state index in [-0.39, 0.29) is 30.7 Å². The van der Waals surface area contributed by atoms with Crippen molar-refractivity contribution in [3.63, 3.8) is 0 Å². The quantitative estimate of drug-likeness (QED) is 0.638. The summed E-state index contributed by atoms with van der Waals surface area (Å²) >= 11 is 6.00. The molecule has 0 saturated heterocycles. The molecule has 0 heterocycles. The molecule has 4 N–H and O–H groups in total. The van der Waals surface area contributed by atoms with Gasteiger partial charge in [0.1, 0.15) is 0 Å². The van der Waals surface area contributed by atoms with E-state index in [0.29, 0.717) is 21.8 Å². The van der Waals surface area contributed by atoms with Crippen LogP contribution in [0, 0.1) is 0 Å². The fraction of sp³-hybridized carbons (Fsp3) is 0.167. The van der Waals surface area contributed by atoms with Crippen LogP contribution in [0.25, 0.3) is 0 Å². The average molecular weight is 361 g/mol. The molecule has 0 aliphatic rings. The molecule has 0 saturated carbocycles. The molecule has 0 radical (unpaired) electrons. The van der Waals surface area contributed by atoms with Crippen molar-refractivity contribution < 1.29 is 19.7 Å². The summed E-state index contributed by atoms with van der Waals surface area (Å²) in [5.41, 5.74) is 1.21. The van der Waals surface area contributed by atoms with Crippen LogP contribution in [0.15, 0.2) is 48.5 Å². The minimum absolute atomic E-state index is 0.0645. The number of anilines is 1.